The molecule has 5 nitrogen and oxygen atoms in total. The maximum atomic E-state index is 5.81. The van der Waals surface area contributed by atoms with Crippen LogP contribution in [-0.2, 0) is 0 Å². The van der Waals surface area contributed by atoms with E-state index in [1.54, 1.807) is 0 Å². The Bertz CT molecular complexity index is 509. The first-order chi connectivity index (χ1) is 8.18. The van der Waals surface area contributed by atoms with Crippen LogP contribution in [0, 0.1) is 0 Å². The van der Waals surface area contributed by atoms with Crippen molar-refractivity contribution < 1.29 is 0 Å². The van der Waals surface area contributed by atoms with Gasteiger partial charge in [0.25, 0.3) is 0 Å². The monoisotopic (exact) mass is 231 g/mol. The summed E-state index contributed by atoms with van der Waals surface area (Å²) in [5.41, 5.74) is 7.69. The molecule has 0 aliphatic rings. The van der Waals surface area contributed by atoms with Crippen LogP contribution in [0.3, 0.4) is 0 Å². The highest BCUT2D eigenvalue weighted by molar-refractivity contribution is 5.96. The largest absolute Gasteiger partial charge is 0.383 e. The Morgan fingerprint density at radius 1 is 1.29 bits per heavy atom. The SMILES string of the molecule is CN(C)CCNc1cccc2c(N)ncnc12. The topological polar surface area (TPSA) is 67.1 Å². The normalized spacial score (nSPS) is 11.0. The van der Waals surface area contributed by atoms with E-state index in [9.17, 15) is 0 Å². The summed E-state index contributed by atoms with van der Waals surface area (Å²) in [5, 5.41) is 4.25. The number of nitrogens with two attached hydrogens (primary N) is 1. The van der Waals surface area contributed by atoms with Crippen LogP contribution in [0.15, 0.2) is 24.5 Å². The van der Waals surface area contributed by atoms with E-state index < -0.39 is 0 Å². The molecule has 1 aromatic heterocycles. The predicted molar refractivity (Wildman–Crippen MR) is 71.0 cm³/mol. The molecule has 1 heterocycles. The molecular formula is C12H17N5. The van der Waals surface area contributed by atoms with Crippen LogP contribution >= 0.6 is 0 Å². The Morgan fingerprint density at radius 2 is 2.12 bits per heavy atom. The van der Waals surface area contributed by atoms with Gasteiger partial charge < -0.3 is 16.0 Å². The summed E-state index contributed by atoms with van der Waals surface area (Å²) in [5.74, 6) is 0.520. The van der Waals surface area contributed by atoms with Crippen LogP contribution < -0.4 is 11.1 Å². The van der Waals surface area contributed by atoms with Crippen molar-refractivity contribution in [2.75, 3.05) is 38.2 Å². The van der Waals surface area contributed by atoms with Crippen molar-refractivity contribution in [2.45, 2.75) is 0 Å². The first-order valence-corrected chi connectivity index (χ1v) is 5.56. The lowest BCUT2D eigenvalue weighted by Crippen LogP contribution is -2.20. The minimum absolute atomic E-state index is 0.520. The fraction of sp³-hybridized carbons (Fsp3) is 0.333. The Labute approximate surface area is 101 Å². The van der Waals surface area contributed by atoms with Crippen LogP contribution in [0.25, 0.3) is 10.9 Å². The smallest absolute Gasteiger partial charge is 0.134 e. The standard InChI is InChI=1S/C12H17N5/c1-17(2)7-6-14-10-5-3-4-9-11(10)15-8-16-12(9)13/h3-5,8,14H,6-7H2,1-2H3,(H2,13,15,16). The van der Waals surface area contributed by atoms with E-state index in [-0.39, 0.29) is 0 Å². The molecule has 0 aliphatic carbocycles. The minimum Gasteiger partial charge on any atom is -0.383 e. The van der Waals surface area contributed by atoms with E-state index in [2.05, 4.69) is 20.2 Å². The fourth-order valence-corrected chi connectivity index (χ4v) is 1.66. The van der Waals surface area contributed by atoms with Crippen LogP contribution in [0.4, 0.5) is 11.5 Å². The molecular weight excluding hydrogens is 214 g/mol. The van der Waals surface area contributed by atoms with E-state index in [1.165, 1.54) is 6.33 Å². The number of para-hydroxylation sites is 1. The molecule has 0 saturated heterocycles. The Hall–Kier alpha value is -1.88. The molecule has 0 bridgehead atoms. The average molecular weight is 231 g/mol. The van der Waals surface area contributed by atoms with Gasteiger partial charge in [0, 0.05) is 18.5 Å². The predicted octanol–water partition coefficient (Wildman–Crippen LogP) is 1.19. The summed E-state index contributed by atoms with van der Waals surface area (Å²) in [6, 6.07) is 5.90. The fourth-order valence-electron chi connectivity index (χ4n) is 1.66. The first-order valence-electron chi connectivity index (χ1n) is 5.56. The van der Waals surface area contributed by atoms with Gasteiger partial charge in [-0.15, -0.1) is 0 Å². The molecule has 0 aliphatic heterocycles. The van der Waals surface area contributed by atoms with Crippen LogP contribution in [0.5, 0.6) is 0 Å². The van der Waals surface area contributed by atoms with E-state index in [0.29, 0.717) is 5.82 Å². The van der Waals surface area contributed by atoms with Crippen LogP contribution in [-0.4, -0.2) is 42.1 Å². The molecule has 0 radical (unpaired) electrons. The molecule has 0 amide bonds. The van der Waals surface area contributed by atoms with Gasteiger partial charge in [0.2, 0.25) is 0 Å². The lowest BCUT2D eigenvalue weighted by atomic mass is 10.2. The maximum Gasteiger partial charge on any atom is 0.134 e. The molecule has 2 rings (SSSR count). The molecule has 2 aromatic rings. The van der Waals surface area contributed by atoms with E-state index in [0.717, 1.165) is 29.7 Å². The van der Waals surface area contributed by atoms with Gasteiger partial charge in [-0.3, -0.25) is 0 Å². The number of nitrogen functional groups attached to an aromatic ring is 1. The van der Waals surface area contributed by atoms with Gasteiger partial charge in [-0.25, -0.2) is 9.97 Å². The summed E-state index contributed by atoms with van der Waals surface area (Å²) in [7, 11) is 4.09. The third kappa shape index (κ3) is 2.62. The molecule has 0 saturated carbocycles. The van der Waals surface area contributed by atoms with Gasteiger partial charge >= 0.3 is 0 Å². The second kappa shape index (κ2) is 4.97. The second-order valence-electron chi connectivity index (χ2n) is 4.19. The lowest BCUT2D eigenvalue weighted by molar-refractivity contribution is 0.425. The number of nitrogens with zero attached hydrogens (tertiary/aromatic N) is 3. The number of benzene rings is 1. The number of nitrogens with one attached hydrogen (secondary N) is 1. The maximum absolute atomic E-state index is 5.81. The Kier molecular flexibility index (Phi) is 3.39. The van der Waals surface area contributed by atoms with Crippen LogP contribution in [0.2, 0.25) is 0 Å². The van der Waals surface area contributed by atoms with Gasteiger partial charge in [0.15, 0.2) is 0 Å². The van der Waals surface area contributed by atoms with Crippen molar-refractivity contribution in [1.29, 1.82) is 0 Å². The quantitative estimate of drug-likeness (QED) is 0.827. The number of aromatic nitrogens is 2. The number of hydrogen-bond donors (Lipinski definition) is 2. The van der Waals surface area contributed by atoms with Crippen LogP contribution in [0.1, 0.15) is 0 Å². The summed E-state index contributed by atoms with van der Waals surface area (Å²) in [6.45, 7) is 1.84. The summed E-state index contributed by atoms with van der Waals surface area (Å²) < 4.78 is 0. The molecule has 0 unspecified atom stereocenters. The highest BCUT2D eigenvalue weighted by Gasteiger charge is 2.04. The third-order valence-corrected chi connectivity index (χ3v) is 2.57. The van der Waals surface area contributed by atoms with Gasteiger partial charge in [-0.1, -0.05) is 6.07 Å². The number of hydrogen-bond acceptors (Lipinski definition) is 5. The summed E-state index contributed by atoms with van der Waals surface area (Å²) >= 11 is 0. The molecule has 5 heteroatoms. The van der Waals surface area contributed by atoms with Crippen molar-refractivity contribution in [1.82, 2.24) is 14.9 Å². The average Bonchev–Trinajstić information content (AvgIpc) is 2.30. The number of anilines is 2. The van der Waals surface area contributed by atoms with E-state index >= 15 is 0 Å². The van der Waals surface area contributed by atoms with Crippen molar-refractivity contribution >= 4 is 22.4 Å². The Morgan fingerprint density at radius 3 is 2.88 bits per heavy atom. The van der Waals surface area contributed by atoms with Crippen molar-refractivity contribution in [3.8, 4) is 0 Å². The zero-order valence-corrected chi connectivity index (χ0v) is 10.1. The third-order valence-electron chi connectivity index (χ3n) is 2.57. The van der Waals surface area contributed by atoms with E-state index in [1.807, 2.05) is 32.3 Å². The Balaban J connectivity index is 2.25. The van der Waals surface area contributed by atoms with Crippen molar-refractivity contribution in [2.24, 2.45) is 0 Å². The molecule has 0 atom stereocenters. The molecule has 0 spiro atoms. The summed E-state index contributed by atoms with van der Waals surface area (Å²) in [6.07, 6.45) is 1.49. The minimum atomic E-state index is 0.520. The lowest BCUT2D eigenvalue weighted by Gasteiger charge is -2.12. The van der Waals surface area contributed by atoms with Crippen molar-refractivity contribution in [3.05, 3.63) is 24.5 Å². The van der Waals surface area contributed by atoms with E-state index in [4.69, 9.17) is 5.73 Å². The zero-order valence-electron chi connectivity index (χ0n) is 10.1. The summed E-state index contributed by atoms with van der Waals surface area (Å²) in [4.78, 5) is 10.4. The highest BCUT2D eigenvalue weighted by Crippen LogP contribution is 2.23. The molecule has 3 N–H and O–H groups in total. The highest BCUT2D eigenvalue weighted by atomic mass is 15.1. The van der Waals surface area contributed by atoms with Gasteiger partial charge in [0.05, 0.1) is 11.2 Å². The van der Waals surface area contributed by atoms with Crippen molar-refractivity contribution in [3.63, 3.8) is 0 Å². The zero-order chi connectivity index (χ0) is 12.3. The molecule has 90 valence electrons. The molecule has 17 heavy (non-hydrogen) atoms. The van der Waals surface area contributed by atoms with Gasteiger partial charge in [0.1, 0.15) is 12.1 Å². The number of likely N-dealkylation sites (N-methyl/N-ethyl adjacent to an activating group) is 1. The molecule has 1 aromatic carbocycles. The van der Waals surface area contributed by atoms with Gasteiger partial charge in [-0.2, -0.15) is 0 Å². The number of fused-ring (bicyclic) bond motifs is 1. The second-order valence-corrected chi connectivity index (χ2v) is 4.19. The molecule has 0 fully saturated rings. The van der Waals surface area contributed by atoms with Gasteiger partial charge in [-0.05, 0) is 26.2 Å². The first kappa shape index (κ1) is 11.6. The number of rotatable bonds is 4.